The molecular weight excluding hydrogens is 434 g/mol. The molecule has 0 N–H and O–H groups in total. The van der Waals surface area contributed by atoms with Gasteiger partial charge in [0, 0.05) is 25.3 Å². The number of carbonyl (C=O) groups excluding carboxylic acids is 1. The summed E-state index contributed by atoms with van der Waals surface area (Å²) in [5.41, 5.74) is 2.35. The standard InChI is InChI=1S/C22H31N5O2S.ClH/c1-7-25(8-2)13-14-26(21(28)17-11-12-27(24-17)15(3)4)22-23-19-18(29-6)10-9-16(5)20(19)30-22;/h9-12,15H,7-8,13-14H2,1-6H3;1H. The summed E-state index contributed by atoms with van der Waals surface area (Å²) in [7, 11) is 1.64. The Bertz CT molecular complexity index is 1010. The number of hydrogen-bond donors (Lipinski definition) is 0. The van der Waals surface area contributed by atoms with Gasteiger partial charge in [0.2, 0.25) is 0 Å². The first-order valence-electron chi connectivity index (χ1n) is 10.4. The second-order valence-electron chi connectivity index (χ2n) is 7.52. The van der Waals surface area contributed by atoms with E-state index in [9.17, 15) is 4.79 Å². The van der Waals surface area contributed by atoms with Crippen LogP contribution in [0.5, 0.6) is 5.75 Å². The number of anilines is 1. The molecule has 0 bridgehead atoms. The van der Waals surface area contributed by atoms with E-state index in [2.05, 4.69) is 30.8 Å². The number of nitrogens with zero attached hydrogens (tertiary/aromatic N) is 5. The van der Waals surface area contributed by atoms with Gasteiger partial charge in [0.15, 0.2) is 10.8 Å². The molecule has 9 heteroatoms. The molecule has 0 atom stereocenters. The van der Waals surface area contributed by atoms with Crippen molar-refractivity contribution in [3.05, 3.63) is 35.7 Å². The fraction of sp³-hybridized carbons (Fsp3) is 0.500. The van der Waals surface area contributed by atoms with Crippen LogP contribution in [-0.2, 0) is 0 Å². The summed E-state index contributed by atoms with van der Waals surface area (Å²) in [6.07, 6.45) is 1.85. The van der Waals surface area contributed by atoms with Crippen LogP contribution in [-0.4, -0.2) is 58.9 Å². The molecule has 0 unspecified atom stereocenters. The zero-order valence-corrected chi connectivity index (χ0v) is 20.7. The third-order valence-corrected chi connectivity index (χ3v) is 6.49. The molecule has 3 aromatic rings. The van der Waals surface area contributed by atoms with E-state index in [0.717, 1.165) is 41.2 Å². The molecule has 0 aliphatic rings. The monoisotopic (exact) mass is 465 g/mol. The number of benzene rings is 1. The smallest absolute Gasteiger partial charge is 0.280 e. The van der Waals surface area contributed by atoms with Crippen molar-refractivity contribution in [2.75, 3.05) is 38.2 Å². The van der Waals surface area contributed by atoms with Crippen LogP contribution in [0.2, 0.25) is 0 Å². The average molecular weight is 466 g/mol. The maximum Gasteiger partial charge on any atom is 0.280 e. The van der Waals surface area contributed by atoms with Gasteiger partial charge < -0.3 is 9.64 Å². The van der Waals surface area contributed by atoms with Crippen LogP contribution in [0.25, 0.3) is 10.2 Å². The number of amides is 1. The number of aromatic nitrogens is 3. The molecule has 0 saturated carbocycles. The molecule has 0 saturated heterocycles. The van der Waals surface area contributed by atoms with Crippen LogP contribution < -0.4 is 9.64 Å². The molecule has 0 fully saturated rings. The Hall–Kier alpha value is -2.16. The van der Waals surface area contributed by atoms with Crippen molar-refractivity contribution < 1.29 is 9.53 Å². The van der Waals surface area contributed by atoms with Gasteiger partial charge in [-0.15, -0.1) is 12.4 Å². The summed E-state index contributed by atoms with van der Waals surface area (Å²) in [6, 6.07) is 5.93. The van der Waals surface area contributed by atoms with Gasteiger partial charge in [0.25, 0.3) is 5.91 Å². The number of methoxy groups -OCH3 is 1. The number of carbonyl (C=O) groups is 1. The minimum Gasteiger partial charge on any atom is -0.494 e. The predicted molar refractivity (Wildman–Crippen MR) is 130 cm³/mol. The van der Waals surface area contributed by atoms with E-state index in [1.165, 1.54) is 11.3 Å². The first-order valence-corrected chi connectivity index (χ1v) is 11.2. The Kier molecular flexibility index (Phi) is 8.85. The maximum atomic E-state index is 13.5. The van der Waals surface area contributed by atoms with E-state index in [-0.39, 0.29) is 24.4 Å². The number of aryl methyl sites for hydroxylation is 1. The molecule has 0 aliphatic heterocycles. The Balaban J connectivity index is 0.00000341. The highest BCUT2D eigenvalue weighted by molar-refractivity contribution is 7.22. The van der Waals surface area contributed by atoms with Crippen molar-refractivity contribution >= 4 is 45.0 Å². The van der Waals surface area contributed by atoms with Crippen LogP contribution in [0, 0.1) is 6.92 Å². The summed E-state index contributed by atoms with van der Waals surface area (Å²) in [6.45, 7) is 13.6. The van der Waals surface area contributed by atoms with Crippen LogP contribution in [0.3, 0.4) is 0 Å². The van der Waals surface area contributed by atoms with E-state index in [4.69, 9.17) is 9.72 Å². The summed E-state index contributed by atoms with van der Waals surface area (Å²) >= 11 is 1.53. The molecule has 2 heterocycles. The maximum absolute atomic E-state index is 13.5. The first-order chi connectivity index (χ1) is 14.4. The van der Waals surface area contributed by atoms with E-state index < -0.39 is 0 Å². The number of fused-ring (bicyclic) bond motifs is 1. The minimum absolute atomic E-state index is 0. The van der Waals surface area contributed by atoms with E-state index >= 15 is 0 Å². The second-order valence-corrected chi connectivity index (χ2v) is 8.49. The Labute approximate surface area is 194 Å². The van der Waals surface area contributed by atoms with Crippen molar-refractivity contribution in [3.63, 3.8) is 0 Å². The molecule has 7 nitrogen and oxygen atoms in total. The highest BCUT2D eigenvalue weighted by atomic mass is 35.5. The summed E-state index contributed by atoms with van der Waals surface area (Å²) in [5.74, 6) is 0.593. The zero-order chi connectivity index (χ0) is 21.8. The van der Waals surface area contributed by atoms with Crippen LogP contribution >= 0.6 is 23.7 Å². The number of thiazole rings is 1. The molecule has 0 aliphatic carbocycles. The second kappa shape index (κ2) is 10.9. The summed E-state index contributed by atoms with van der Waals surface area (Å²) in [5, 5.41) is 5.17. The molecule has 3 rings (SSSR count). The van der Waals surface area contributed by atoms with Gasteiger partial charge in [0.1, 0.15) is 11.3 Å². The topological polar surface area (TPSA) is 63.5 Å². The van der Waals surface area contributed by atoms with Crippen molar-refractivity contribution in [3.8, 4) is 5.75 Å². The fourth-order valence-corrected chi connectivity index (χ4v) is 4.40. The average Bonchev–Trinajstić information content (AvgIpc) is 3.39. The number of halogens is 1. The normalized spacial score (nSPS) is 11.2. The van der Waals surface area contributed by atoms with Crippen LogP contribution in [0.1, 0.15) is 49.8 Å². The molecule has 0 radical (unpaired) electrons. The molecule has 0 spiro atoms. The van der Waals surface area contributed by atoms with Crippen molar-refractivity contribution in [2.24, 2.45) is 0 Å². The van der Waals surface area contributed by atoms with Crippen molar-refractivity contribution in [2.45, 2.75) is 40.7 Å². The molecule has 1 aromatic carbocycles. The Morgan fingerprint density at radius 2 is 1.90 bits per heavy atom. The number of hydrogen-bond acceptors (Lipinski definition) is 6. The van der Waals surface area contributed by atoms with Crippen LogP contribution in [0.15, 0.2) is 24.4 Å². The lowest BCUT2D eigenvalue weighted by Gasteiger charge is -2.24. The number of rotatable bonds is 9. The third-order valence-electron chi connectivity index (χ3n) is 5.28. The molecular formula is C22H32ClN5O2S. The lowest BCUT2D eigenvalue weighted by Crippen LogP contribution is -2.39. The first kappa shape index (κ1) is 25.1. The predicted octanol–water partition coefficient (Wildman–Crippen LogP) is 4.80. The Morgan fingerprint density at radius 1 is 1.19 bits per heavy atom. The molecule has 170 valence electrons. The van der Waals surface area contributed by atoms with Crippen molar-refractivity contribution in [1.82, 2.24) is 19.7 Å². The highest BCUT2D eigenvalue weighted by Crippen LogP contribution is 2.36. The third kappa shape index (κ3) is 5.37. The number of ether oxygens (including phenoxy) is 1. The quantitative estimate of drug-likeness (QED) is 0.454. The van der Waals surface area contributed by atoms with Gasteiger partial charge in [-0.05, 0) is 51.6 Å². The molecule has 31 heavy (non-hydrogen) atoms. The van der Waals surface area contributed by atoms with Gasteiger partial charge in [-0.1, -0.05) is 31.3 Å². The van der Waals surface area contributed by atoms with E-state index in [1.807, 2.05) is 32.2 Å². The largest absolute Gasteiger partial charge is 0.494 e. The Morgan fingerprint density at radius 3 is 2.48 bits per heavy atom. The van der Waals surface area contributed by atoms with Crippen LogP contribution in [0.4, 0.5) is 5.13 Å². The molecule has 2 aromatic heterocycles. The van der Waals surface area contributed by atoms with Gasteiger partial charge in [-0.3, -0.25) is 14.4 Å². The highest BCUT2D eigenvalue weighted by Gasteiger charge is 2.25. The number of likely N-dealkylation sites (N-methyl/N-ethyl adjacent to an activating group) is 1. The zero-order valence-electron chi connectivity index (χ0n) is 19.1. The minimum atomic E-state index is -0.128. The van der Waals surface area contributed by atoms with Gasteiger partial charge in [0.05, 0.1) is 11.8 Å². The fourth-order valence-electron chi connectivity index (χ4n) is 3.32. The van der Waals surface area contributed by atoms with E-state index in [0.29, 0.717) is 17.4 Å². The van der Waals surface area contributed by atoms with Gasteiger partial charge in [-0.25, -0.2) is 4.98 Å². The van der Waals surface area contributed by atoms with E-state index in [1.54, 1.807) is 22.8 Å². The summed E-state index contributed by atoms with van der Waals surface area (Å²) in [4.78, 5) is 22.3. The lowest BCUT2D eigenvalue weighted by atomic mass is 10.2. The SMILES string of the molecule is CCN(CC)CCN(C(=O)c1ccn(C(C)C)n1)c1nc2c(OC)ccc(C)c2s1.Cl. The van der Waals surface area contributed by atoms with Crippen molar-refractivity contribution in [1.29, 1.82) is 0 Å². The lowest BCUT2D eigenvalue weighted by molar-refractivity contribution is 0.0978. The van der Waals surface area contributed by atoms with Gasteiger partial charge >= 0.3 is 0 Å². The molecule has 1 amide bonds. The van der Waals surface area contributed by atoms with Gasteiger partial charge in [-0.2, -0.15) is 5.10 Å². The summed E-state index contributed by atoms with van der Waals surface area (Å²) < 4.78 is 8.35.